The summed E-state index contributed by atoms with van der Waals surface area (Å²) < 4.78 is 13.6. The fourth-order valence-corrected chi connectivity index (χ4v) is 4.50. The molecule has 0 saturated heterocycles. The second-order valence-corrected chi connectivity index (χ2v) is 9.86. The van der Waals surface area contributed by atoms with Crippen molar-refractivity contribution in [1.29, 1.82) is 0 Å². The highest BCUT2D eigenvalue weighted by molar-refractivity contribution is 5.96. The SMILES string of the molecule is COc1ccc2cc1OCCCN(C(=O)c1ccc[nH]1)CC(=O)N[C@H](C(C)C)C(=O)NCCCn1ccnc1-2.O=CO. The van der Waals surface area contributed by atoms with Crippen molar-refractivity contribution in [2.24, 2.45) is 5.92 Å². The lowest BCUT2D eigenvalue weighted by atomic mass is 10.0. The summed E-state index contributed by atoms with van der Waals surface area (Å²) in [4.78, 5) is 56.4. The number of H-pyrrole nitrogens is 1. The highest BCUT2D eigenvalue weighted by Gasteiger charge is 2.26. The zero-order valence-corrected chi connectivity index (χ0v) is 24.0. The van der Waals surface area contributed by atoms with Crippen molar-refractivity contribution in [3.05, 3.63) is 54.6 Å². The topological polar surface area (TPSA) is 168 Å². The summed E-state index contributed by atoms with van der Waals surface area (Å²) in [6.45, 7) is 4.96. The number of rotatable bonds is 3. The van der Waals surface area contributed by atoms with Gasteiger partial charge in [0.1, 0.15) is 17.6 Å². The van der Waals surface area contributed by atoms with Crippen LogP contribution in [-0.2, 0) is 20.9 Å². The van der Waals surface area contributed by atoms with E-state index < -0.39 is 11.9 Å². The predicted octanol–water partition coefficient (Wildman–Crippen LogP) is 2.16. The Kier molecular flexibility index (Phi) is 12.0. The van der Waals surface area contributed by atoms with E-state index >= 15 is 0 Å². The number of imidazole rings is 1. The van der Waals surface area contributed by atoms with Crippen LogP contribution < -0.4 is 20.1 Å². The Morgan fingerprint density at radius 1 is 1.21 bits per heavy atom. The van der Waals surface area contributed by atoms with Crippen LogP contribution in [0.15, 0.2) is 48.9 Å². The van der Waals surface area contributed by atoms with E-state index in [2.05, 4.69) is 20.6 Å². The fraction of sp³-hybridized carbons (Fsp3) is 0.414. The molecule has 0 radical (unpaired) electrons. The van der Waals surface area contributed by atoms with Gasteiger partial charge in [-0.2, -0.15) is 0 Å². The number of carbonyl (C=O) groups is 4. The number of amides is 3. The second kappa shape index (κ2) is 15.8. The number of methoxy groups -OCH3 is 1. The first-order chi connectivity index (χ1) is 20.3. The molecule has 2 bridgehead atoms. The number of nitrogens with zero attached hydrogens (tertiary/aromatic N) is 3. The molecule has 4 rings (SSSR count). The molecule has 0 spiro atoms. The molecular formula is C29H38N6O7. The number of benzene rings is 1. The lowest BCUT2D eigenvalue weighted by Crippen LogP contribution is -2.52. The molecule has 0 unspecified atom stereocenters. The van der Waals surface area contributed by atoms with Crippen LogP contribution in [0.5, 0.6) is 11.5 Å². The Morgan fingerprint density at radius 3 is 2.69 bits per heavy atom. The molecule has 13 heteroatoms. The van der Waals surface area contributed by atoms with Gasteiger partial charge in [-0.1, -0.05) is 13.8 Å². The Morgan fingerprint density at radius 2 is 2.00 bits per heavy atom. The van der Waals surface area contributed by atoms with Crippen LogP contribution in [0.2, 0.25) is 0 Å². The third-order valence-electron chi connectivity index (χ3n) is 6.56. The summed E-state index contributed by atoms with van der Waals surface area (Å²) in [5, 5.41) is 12.7. The molecule has 0 saturated carbocycles. The Hall–Kier alpha value is -4.81. The van der Waals surface area contributed by atoms with Gasteiger partial charge in [-0.3, -0.25) is 19.2 Å². The first-order valence-corrected chi connectivity index (χ1v) is 13.7. The predicted molar refractivity (Wildman–Crippen MR) is 154 cm³/mol. The smallest absolute Gasteiger partial charge is 0.290 e. The van der Waals surface area contributed by atoms with Gasteiger partial charge in [-0.05, 0) is 49.1 Å². The van der Waals surface area contributed by atoms with Gasteiger partial charge in [0.25, 0.3) is 12.4 Å². The van der Waals surface area contributed by atoms with Crippen molar-refractivity contribution < 1.29 is 33.8 Å². The third kappa shape index (κ3) is 8.59. The molecule has 42 heavy (non-hydrogen) atoms. The first-order valence-electron chi connectivity index (χ1n) is 13.7. The van der Waals surface area contributed by atoms with Crippen molar-refractivity contribution in [3.8, 4) is 22.9 Å². The highest BCUT2D eigenvalue weighted by atomic mass is 16.5. The van der Waals surface area contributed by atoms with Crippen LogP contribution in [0.25, 0.3) is 11.4 Å². The van der Waals surface area contributed by atoms with Crippen molar-refractivity contribution in [2.45, 2.75) is 39.3 Å². The molecule has 0 aliphatic carbocycles. The van der Waals surface area contributed by atoms with Gasteiger partial charge in [-0.25, -0.2) is 4.98 Å². The third-order valence-corrected chi connectivity index (χ3v) is 6.56. The van der Waals surface area contributed by atoms with Crippen LogP contribution in [0.3, 0.4) is 0 Å². The first kappa shape index (κ1) is 31.7. The van der Waals surface area contributed by atoms with Gasteiger partial charge in [0.05, 0.1) is 20.3 Å². The van der Waals surface area contributed by atoms with Gasteiger partial charge in [0.15, 0.2) is 11.5 Å². The molecule has 0 fully saturated rings. The van der Waals surface area contributed by atoms with Crippen LogP contribution in [-0.4, -0.2) is 88.1 Å². The lowest BCUT2D eigenvalue weighted by Gasteiger charge is -2.25. The molecule has 1 aliphatic heterocycles. The molecule has 3 amide bonds. The number of carboxylic acid groups (broad SMARTS) is 1. The Labute approximate surface area is 244 Å². The summed E-state index contributed by atoms with van der Waals surface area (Å²) >= 11 is 0. The molecule has 226 valence electrons. The number of carbonyl (C=O) groups excluding carboxylic acids is 3. The number of aromatic amines is 1. The molecule has 4 N–H and O–H groups in total. The largest absolute Gasteiger partial charge is 0.493 e. The van der Waals surface area contributed by atoms with E-state index in [0.717, 1.165) is 11.4 Å². The van der Waals surface area contributed by atoms with E-state index in [-0.39, 0.29) is 37.3 Å². The number of fused-ring (bicyclic) bond motifs is 4. The zero-order chi connectivity index (χ0) is 30.5. The van der Waals surface area contributed by atoms with Gasteiger partial charge in [0, 0.05) is 43.8 Å². The quantitative estimate of drug-likeness (QED) is 0.341. The van der Waals surface area contributed by atoms with Crippen LogP contribution >= 0.6 is 0 Å². The van der Waals surface area contributed by atoms with Crippen LogP contribution in [0, 0.1) is 5.92 Å². The zero-order valence-electron chi connectivity index (χ0n) is 24.0. The molecule has 13 nitrogen and oxygen atoms in total. The summed E-state index contributed by atoms with van der Waals surface area (Å²) in [5.41, 5.74) is 1.25. The number of ether oxygens (including phenoxy) is 2. The molecular weight excluding hydrogens is 544 g/mol. The summed E-state index contributed by atoms with van der Waals surface area (Å²) in [6, 6.07) is 8.32. The van der Waals surface area contributed by atoms with Crippen molar-refractivity contribution >= 4 is 24.2 Å². The average Bonchev–Trinajstić information content (AvgIpc) is 3.68. The minimum atomic E-state index is -0.719. The normalized spacial score (nSPS) is 16.7. The summed E-state index contributed by atoms with van der Waals surface area (Å²) in [6.07, 6.45) is 6.44. The monoisotopic (exact) mass is 582 g/mol. The molecule has 3 aromatic rings. The number of hydrogen-bond acceptors (Lipinski definition) is 7. The number of hydrogen-bond donors (Lipinski definition) is 4. The van der Waals surface area contributed by atoms with E-state index in [1.807, 2.05) is 42.8 Å². The van der Waals surface area contributed by atoms with E-state index in [1.165, 1.54) is 4.90 Å². The van der Waals surface area contributed by atoms with E-state index in [9.17, 15) is 14.4 Å². The van der Waals surface area contributed by atoms with E-state index in [1.54, 1.807) is 31.6 Å². The van der Waals surface area contributed by atoms with E-state index in [4.69, 9.17) is 19.4 Å². The summed E-state index contributed by atoms with van der Waals surface area (Å²) in [5.74, 6) is 0.835. The highest BCUT2D eigenvalue weighted by Crippen LogP contribution is 2.32. The van der Waals surface area contributed by atoms with Gasteiger partial charge in [0.2, 0.25) is 11.8 Å². The minimum absolute atomic E-state index is 0.134. The lowest BCUT2D eigenvalue weighted by molar-refractivity contribution is -0.130. The average molecular weight is 583 g/mol. The fourth-order valence-electron chi connectivity index (χ4n) is 4.50. The van der Waals surface area contributed by atoms with Crippen molar-refractivity contribution in [3.63, 3.8) is 0 Å². The maximum Gasteiger partial charge on any atom is 0.290 e. The van der Waals surface area contributed by atoms with Gasteiger partial charge >= 0.3 is 0 Å². The maximum atomic E-state index is 13.1. The molecule has 1 aromatic carbocycles. The number of aryl methyl sites for hydroxylation is 1. The summed E-state index contributed by atoms with van der Waals surface area (Å²) in [7, 11) is 1.58. The van der Waals surface area contributed by atoms with E-state index in [0.29, 0.717) is 49.7 Å². The Balaban J connectivity index is 0.00000155. The van der Waals surface area contributed by atoms with Crippen molar-refractivity contribution in [1.82, 2.24) is 30.1 Å². The molecule has 2 aromatic heterocycles. The van der Waals surface area contributed by atoms with Crippen LogP contribution in [0.4, 0.5) is 0 Å². The molecule has 1 atom stereocenters. The minimum Gasteiger partial charge on any atom is -0.493 e. The number of aromatic nitrogens is 3. The van der Waals surface area contributed by atoms with Crippen LogP contribution in [0.1, 0.15) is 37.2 Å². The van der Waals surface area contributed by atoms with Gasteiger partial charge in [-0.15, -0.1) is 0 Å². The molecule has 3 heterocycles. The second-order valence-electron chi connectivity index (χ2n) is 9.86. The molecule has 1 aliphatic rings. The number of nitrogens with one attached hydrogen (secondary N) is 3. The Bertz CT molecular complexity index is 1320. The van der Waals surface area contributed by atoms with Gasteiger partial charge < -0.3 is 39.7 Å². The van der Waals surface area contributed by atoms with Crippen molar-refractivity contribution in [2.75, 3.05) is 33.4 Å². The maximum absolute atomic E-state index is 13.1. The standard InChI is InChI=1S/C28H36N6O5.CH2O2/c1-19(2)25-27(36)31-11-5-13-33-15-12-30-26(33)20-8-9-22(38-3)23(17-20)39-16-6-14-34(18-24(35)32-25)28(37)21-7-4-10-29-21;2-1-3/h4,7-10,12,15,17,19,25,29H,5-6,11,13-14,16,18H2,1-3H3,(H,31,36)(H,32,35);1H,(H,2,3)/t25-;/m1./s1.